The van der Waals surface area contributed by atoms with Crippen molar-refractivity contribution >= 4 is 45.3 Å². The second-order valence-corrected chi connectivity index (χ2v) is 10.8. The molecule has 2 N–H and O–H groups in total. The summed E-state index contributed by atoms with van der Waals surface area (Å²) in [6, 6.07) is 5.50. The lowest BCUT2D eigenvalue weighted by atomic mass is 10.2. The first-order valence-electron chi connectivity index (χ1n) is 11.3. The van der Waals surface area contributed by atoms with E-state index in [1.54, 1.807) is 30.3 Å². The Morgan fingerprint density at radius 3 is 2.75 bits per heavy atom. The molecule has 1 aromatic carbocycles. The van der Waals surface area contributed by atoms with Crippen molar-refractivity contribution in [1.82, 2.24) is 34.9 Å². The van der Waals surface area contributed by atoms with E-state index in [0.29, 0.717) is 49.4 Å². The van der Waals surface area contributed by atoms with Gasteiger partial charge in [-0.25, -0.2) is 18.3 Å². The number of hydrogen-bond donors (Lipinski definition) is 2. The highest BCUT2D eigenvalue weighted by atomic mass is 32.2. The van der Waals surface area contributed by atoms with Crippen LogP contribution in [0.4, 0.5) is 19.3 Å². The number of nitriles is 1. The minimum Gasteiger partial charge on any atom is -0.593 e. The Morgan fingerprint density at radius 2 is 2.08 bits per heavy atom. The number of fused-ring (bicyclic) bond motifs is 1. The Morgan fingerprint density at radius 1 is 1.28 bits per heavy atom. The first kappa shape index (κ1) is 24.6. The zero-order valence-corrected chi connectivity index (χ0v) is 20.9. The van der Waals surface area contributed by atoms with Gasteiger partial charge in [0.05, 0.1) is 34.8 Å². The number of urea groups is 1. The maximum absolute atomic E-state index is 13.3. The molecule has 11 nitrogen and oxygen atoms in total. The minimum absolute atomic E-state index is 0.147. The first-order valence-corrected chi connectivity index (χ1v) is 13.3. The highest BCUT2D eigenvalue weighted by molar-refractivity contribution is 7.89. The molecule has 1 atom stereocenters. The summed E-state index contributed by atoms with van der Waals surface area (Å²) in [6.45, 7) is 2.27. The summed E-state index contributed by atoms with van der Waals surface area (Å²) in [4.78, 5) is 16.4. The summed E-state index contributed by atoms with van der Waals surface area (Å²) in [7, 11) is 1.59. The molecule has 5 rings (SSSR count). The van der Waals surface area contributed by atoms with E-state index >= 15 is 0 Å². The lowest BCUT2D eigenvalue weighted by Crippen LogP contribution is -2.40. The molecule has 0 bridgehead atoms. The zero-order valence-electron chi connectivity index (χ0n) is 19.3. The Balaban J connectivity index is 1.55. The standard InChI is InChI=1S/C21H23F2N9O2S2/c1-25-19(33)31-6-2-5-30(7-8-31)15-9-13(36(34)29-21(12-24)3-4-21)10-16-14(15)11-26-32(16)20-28-27-18(35-20)17(22)23/h9-11,17,29H,2-8H2,1H3,(H,25,33). The van der Waals surface area contributed by atoms with Gasteiger partial charge in [0, 0.05) is 50.7 Å². The molecule has 0 radical (unpaired) electrons. The van der Waals surface area contributed by atoms with Crippen molar-refractivity contribution in [3.05, 3.63) is 23.3 Å². The normalized spacial score (nSPS) is 18.2. The second kappa shape index (κ2) is 9.77. The molecule has 0 spiro atoms. The van der Waals surface area contributed by atoms with Crippen molar-refractivity contribution < 1.29 is 18.1 Å². The minimum atomic E-state index is -2.75. The fourth-order valence-corrected chi connectivity index (χ4v) is 5.95. The predicted octanol–water partition coefficient (Wildman–Crippen LogP) is 2.33. The molecule has 2 aliphatic rings. The molecule has 3 aromatic rings. The molecule has 2 amide bonds. The van der Waals surface area contributed by atoms with Crippen LogP contribution in [0.25, 0.3) is 16.0 Å². The van der Waals surface area contributed by atoms with E-state index in [2.05, 4.69) is 36.3 Å². The average molecular weight is 536 g/mol. The van der Waals surface area contributed by atoms with E-state index in [4.69, 9.17) is 0 Å². The zero-order chi connectivity index (χ0) is 25.4. The SMILES string of the molecule is CNC(=O)N1CCCN(c2cc([S+]([O-])NC3(C#N)CC3)cc3c2cnn3-c2nnc(C(F)F)s2)CC1. The third-order valence-corrected chi connectivity index (χ3v) is 8.39. The van der Waals surface area contributed by atoms with Gasteiger partial charge in [0.1, 0.15) is 5.54 Å². The van der Waals surface area contributed by atoms with Crippen LogP contribution < -0.4 is 14.9 Å². The monoisotopic (exact) mass is 535 g/mol. The summed E-state index contributed by atoms with van der Waals surface area (Å²) in [5.74, 6) is 0. The van der Waals surface area contributed by atoms with Gasteiger partial charge in [0.25, 0.3) is 6.43 Å². The van der Waals surface area contributed by atoms with Crippen LogP contribution in [0.2, 0.25) is 0 Å². The van der Waals surface area contributed by atoms with Crippen LogP contribution in [0.5, 0.6) is 0 Å². The van der Waals surface area contributed by atoms with Crippen molar-refractivity contribution in [1.29, 1.82) is 5.26 Å². The van der Waals surface area contributed by atoms with Crippen LogP contribution in [0.15, 0.2) is 23.2 Å². The molecule has 1 unspecified atom stereocenters. The van der Waals surface area contributed by atoms with Gasteiger partial charge < -0.3 is 19.7 Å². The van der Waals surface area contributed by atoms with E-state index in [1.165, 1.54) is 4.68 Å². The van der Waals surface area contributed by atoms with Crippen LogP contribution in [0.1, 0.15) is 30.7 Å². The van der Waals surface area contributed by atoms with Gasteiger partial charge >= 0.3 is 6.03 Å². The smallest absolute Gasteiger partial charge is 0.317 e. The third kappa shape index (κ3) is 4.69. The van der Waals surface area contributed by atoms with Crippen molar-refractivity contribution in [2.45, 2.75) is 36.1 Å². The molecule has 2 fully saturated rings. The van der Waals surface area contributed by atoms with Gasteiger partial charge in [-0.05, 0) is 19.3 Å². The van der Waals surface area contributed by atoms with Crippen LogP contribution in [-0.4, -0.2) is 74.2 Å². The fraction of sp³-hybridized carbons (Fsp3) is 0.476. The maximum Gasteiger partial charge on any atom is 0.317 e. The van der Waals surface area contributed by atoms with E-state index in [1.807, 2.05) is 0 Å². The summed E-state index contributed by atoms with van der Waals surface area (Å²) >= 11 is -0.968. The summed E-state index contributed by atoms with van der Waals surface area (Å²) < 4.78 is 43.8. The Bertz CT molecular complexity index is 1320. The van der Waals surface area contributed by atoms with Gasteiger partial charge in [-0.2, -0.15) is 10.4 Å². The lowest BCUT2D eigenvalue weighted by molar-refractivity contribution is 0.150. The lowest BCUT2D eigenvalue weighted by Gasteiger charge is -2.25. The maximum atomic E-state index is 13.3. The topological polar surface area (TPSA) is 138 Å². The summed E-state index contributed by atoms with van der Waals surface area (Å²) in [5, 5.41) is 24.4. The van der Waals surface area contributed by atoms with Crippen LogP contribution in [0, 0.1) is 11.3 Å². The van der Waals surface area contributed by atoms with Gasteiger partial charge in [-0.1, -0.05) is 11.3 Å². The van der Waals surface area contributed by atoms with E-state index in [-0.39, 0.29) is 11.2 Å². The predicted molar refractivity (Wildman–Crippen MR) is 129 cm³/mol. The number of benzene rings is 1. The van der Waals surface area contributed by atoms with E-state index in [0.717, 1.165) is 28.8 Å². The molecule has 3 heterocycles. The number of carbonyl (C=O) groups is 1. The van der Waals surface area contributed by atoms with Crippen molar-refractivity contribution in [3.63, 3.8) is 0 Å². The van der Waals surface area contributed by atoms with Crippen LogP contribution in [-0.2, 0) is 11.4 Å². The van der Waals surface area contributed by atoms with Crippen LogP contribution >= 0.6 is 11.3 Å². The quantitative estimate of drug-likeness (QED) is 0.459. The Hall–Kier alpha value is -3.06. The molecule has 1 aliphatic heterocycles. The van der Waals surface area contributed by atoms with Crippen LogP contribution in [0.3, 0.4) is 0 Å². The molecule has 2 aromatic heterocycles. The molecular weight excluding hydrogens is 512 g/mol. The number of aromatic nitrogens is 4. The molecule has 1 saturated carbocycles. The molecule has 1 saturated heterocycles. The molecule has 190 valence electrons. The number of anilines is 1. The molecule has 1 aliphatic carbocycles. The third-order valence-electron chi connectivity index (χ3n) is 6.24. The number of nitrogens with zero attached hydrogens (tertiary/aromatic N) is 7. The first-order chi connectivity index (χ1) is 17.3. The number of hydrogen-bond acceptors (Lipinski definition) is 9. The fourth-order valence-electron chi connectivity index (χ4n) is 4.12. The number of rotatable bonds is 6. The van der Waals surface area contributed by atoms with Gasteiger partial charge in [0.2, 0.25) is 5.13 Å². The largest absolute Gasteiger partial charge is 0.593 e. The summed E-state index contributed by atoms with van der Waals surface area (Å²) in [6.07, 6.45) is 0.825. The van der Waals surface area contributed by atoms with Gasteiger partial charge in [-0.3, -0.25) is 0 Å². The van der Waals surface area contributed by atoms with Crippen molar-refractivity contribution in [2.75, 3.05) is 38.1 Å². The molecule has 36 heavy (non-hydrogen) atoms. The Kier molecular flexibility index (Phi) is 6.68. The number of amides is 2. The van der Waals surface area contributed by atoms with E-state index < -0.39 is 28.3 Å². The van der Waals surface area contributed by atoms with Gasteiger partial charge in [-0.15, -0.1) is 14.9 Å². The van der Waals surface area contributed by atoms with Crippen molar-refractivity contribution in [2.24, 2.45) is 0 Å². The number of alkyl halides is 2. The van der Waals surface area contributed by atoms with Gasteiger partial charge in [0.15, 0.2) is 9.90 Å². The summed E-state index contributed by atoms with van der Waals surface area (Å²) in [5.41, 5.74) is 0.481. The second-order valence-electron chi connectivity index (χ2n) is 8.60. The average Bonchev–Trinajstić information content (AvgIpc) is 3.35. The molecule has 15 heteroatoms. The number of nitrogens with one attached hydrogen (secondary N) is 2. The highest BCUT2D eigenvalue weighted by Gasteiger charge is 2.48. The number of halogens is 2. The highest BCUT2D eigenvalue weighted by Crippen LogP contribution is 2.38. The molecular formula is C21H23F2N9O2S2. The van der Waals surface area contributed by atoms with E-state index in [9.17, 15) is 23.4 Å². The Labute approximate surface area is 212 Å². The van der Waals surface area contributed by atoms with Crippen molar-refractivity contribution in [3.8, 4) is 11.2 Å². The number of carbonyl (C=O) groups excluding carboxylic acids is 1.